The first-order chi connectivity index (χ1) is 13.7. The van der Waals surface area contributed by atoms with Gasteiger partial charge in [0, 0.05) is 18.5 Å². The van der Waals surface area contributed by atoms with E-state index in [2.05, 4.69) is 15.1 Å². The van der Waals surface area contributed by atoms with Crippen LogP contribution in [0.1, 0.15) is 0 Å². The second-order valence-electron chi connectivity index (χ2n) is 6.40. The molecule has 28 heavy (non-hydrogen) atoms. The molecule has 0 bridgehead atoms. The van der Waals surface area contributed by atoms with Crippen LogP contribution < -0.4 is 9.80 Å². The van der Waals surface area contributed by atoms with Gasteiger partial charge < -0.3 is 0 Å². The van der Waals surface area contributed by atoms with Crippen LogP contribution >= 0.6 is 0 Å². The number of aromatic nitrogens is 4. The van der Waals surface area contributed by atoms with Gasteiger partial charge in [-0.15, -0.1) is 0 Å². The van der Waals surface area contributed by atoms with E-state index in [-0.39, 0.29) is 11.8 Å². The van der Waals surface area contributed by atoms with Gasteiger partial charge in [0.1, 0.15) is 17.8 Å². The molecule has 1 saturated heterocycles. The number of benzene rings is 2. The zero-order chi connectivity index (χ0) is 19.1. The summed E-state index contributed by atoms with van der Waals surface area (Å²) < 4.78 is 15.8. The molecule has 0 atom stereocenters. The standard InChI is InChI=1S/C20H15FN6O/c21-16-4-1-2-5-19(16)27-18-7-3-6-17(15(18)12-24-27)26-9-8-25(20(26)28)14-10-22-13-23-11-14/h1-7,10-13H,8-9H2. The number of rotatable bonds is 3. The molecule has 7 nitrogen and oxygen atoms in total. The van der Waals surface area contributed by atoms with Gasteiger partial charge in [0.15, 0.2) is 0 Å². The molecule has 2 aromatic carbocycles. The summed E-state index contributed by atoms with van der Waals surface area (Å²) in [4.78, 5) is 24.3. The molecule has 0 N–H and O–H groups in total. The van der Waals surface area contributed by atoms with Gasteiger partial charge in [-0.2, -0.15) is 5.10 Å². The fraction of sp³-hybridized carbons (Fsp3) is 0.100. The number of carbonyl (C=O) groups excluding carboxylic acids is 1. The Kier molecular flexibility index (Phi) is 3.75. The van der Waals surface area contributed by atoms with Crippen LogP contribution in [0.25, 0.3) is 16.6 Å². The number of urea groups is 1. The molecule has 5 rings (SSSR count). The van der Waals surface area contributed by atoms with Gasteiger partial charge in [0.2, 0.25) is 0 Å². The average molecular weight is 374 g/mol. The summed E-state index contributed by atoms with van der Waals surface area (Å²) in [7, 11) is 0. The number of halogens is 1. The molecular weight excluding hydrogens is 359 g/mol. The number of para-hydroxylation sites is 1. The zero-order valence-corrected chi connectivity index (χ0v) is 14.7. The van der Waals surface area contributed by atoms with E-state index in [9.17, 15) is 9.18 Å². The molecule has 1 aliphatic heterocycles. The second-order valence-corrected chi connectivity index (χ2v) is 6.40. The first kappa shape index (κ1) is 16.4. The largest absolute Gasteiger partial charge is 0.329 e. The molecule has 2 amide bonds. The summed E-state index contributed by atoms with van der Waals surface area (Å²) in [5, 5.41) is 5.15. The first-order valence-electron chi connectivity index (χ1n) is 8.80. The quantitative estimate of drug-likeness (QED) is 0.551. The minimum absolute atomic E-state index is 0.152. The molecule has 1 aliphatic rings. The predicted molar refractivity (Wildman–Crippen MR) is 103 cm³/mol. The third kappa shape index (κ3) is 2.50. The van der Waals surface area contributed by atoms with Gasteiger partial charge in [0.25, 0.3) is 0 Å². The highest BCUT2D eigenvalue weighted by Gasteiger charge is 2.32. The van der Waals surface area contributed by atoms with Crippen molar-refractivity contribution in [3.05, 3.63) is 73.2 Å². The SMILES string of the molecule is O=C1N(c2cncnc2)CCN1c1cccc2c1cnn2-c1ccccc1F. The Hall–Kier alpha value is -3.81. The number of carbonyl (C=O) groups is 1. The number of hydrogen-bond acceptors (Lipinski definition) is 4. The smallest absolute Gasteiger partial charge is 0.291 e. The van der Waals surface area contributed by atoms with E-state index in [1.54, 1.807) is 51.3 Å². The van der Waals surface area contributed by atoms with Crippen LogP contribution in [0.4, 0.5) is 20.6 Å². The molecule has 1 fully saturated rings. The van der Waals surface area contributed by atoms with Crippen LogP contribution in [0, 0.1) is 5.82 Å². The molecule has 8 heteroatoms. The topological polar surface area (TPSA) is 67.2 Å². The summed E-state index contributed by atoms with van der Waals surface area (Å²) >= 11 is 0. The average Bonchev–Trinajstić information content (AvgIpc) is 3.33. The van der Waals surface area contributed by atoms with Gasteiger partial charge in [-0.1, -0.05) is 18.2 Å². The van der Waals surface area contributed by atoms with Gasteiger partial charge in [-0.25, -0.2) is 23.8 Å². The van der Waals surface area contributed by atoms with Crippen molar-refractivity contribution in [2.75, 3.05) is 22.9 Å². The normalized spacial score (nSPS) is 14.2. The van der Waals surface area contributed by atoms with E-state index in [1.807, 2.05) is 18.2 Å². The van der Waals surface area contributed by atoms with Crippen LogP contribution in [-0.4, -0.2) is 38.9 Å². The van der Waals surface area contributed by atoms with Crippen LogP contribution in [0.2, 0.25) is 0 Å². The molecule has 0 radical (unpaired) electrons. The van der Waals surface area contributed by atoms with Crippen molar-refractivity contribution < 1.29 is 9.18 Å². The maximum Gasteiger partial charge on any atom is 0.329 e. The van der Waals surface area contributed by atoms with Crippen molar-refractivity contribution >= 4 is 28.3 Å². The van der Waals surface area contributed by atoms with Crippen molar-refractivity contribution in [2.24, 2.45) is 0 Å². The van der Waals surface area contributed by atoms with Crippen LogP contribution in [0.5, 0.6) is 0 Å². The van der Waals surface area contributed by atoms with Gasteiger partial charge >= 0.3 is 6.03 Å². The van der Waals surface area contributed by atoms with Gasteiger partial charge in [-0.05, 0) is 24.3 Å². The Labute approximate surface area is 159 Å². The summed E-state index contributed by atoms with van der Waals surface area (Å²) in [6.07, 6.45) is 6.33. The van der Waals surface area contributed by atoms with Crippen molar-refractivity contribution in [1.29, 1.82) is 0 Å². The lowest BCUT2D eigenvalue weighted by molar-refractivity contribution is 0.256. The predicted octanol–water partition coefficient (Wildman–Crippen LogP) is 3.40. The van der Waals surface area contributed by atoms with Crippen LogP contribution in [0.3, 0.4) is 0 Å². The monoisotopic (exact) mass is 374 g/mol. The Bertz CT molecular complexity index is 1180. The summed E-state index contributed by atoms with van der Waals surface area (Å²) in [6, 6.07) is 11.9. The zero-order valence-electron chi connectivity index (χ0n) is 14.7. The molecule has 3 heterocycles. The third-order valence-corrected chi connectivity index (χ3v) is 4.83. The lowest BCUT2D eigenvalue weighted by Gasteiger charge is -2.19. The number of fused-ring (bicyclic) bond motifs is 1. The lowest BCUT2D eigenvalue weighted by Crippen LogP contribution is -2.31. The van der Waals surface area contributed by atoms with E-state index < -0.39 is 0 Å². The van der Waals surface area contributed by atoms with Crippen LogP contribution in [-0.2, 0) is 0 Å². The molecule has 4 aromatic rings. The number of anilines is 2. The highest BCUT2D eigenvalue weighted by Crippen LogP contribution is 2.32. The van der Waals surface area contributed by atoms with E-state index in [4.69, 9.17) is 0 Å². The molecule has 0 spiro atoms. The maximum absolute atomic E-state index is 14.2. The highest BCUT2D eigenvalue weighted by molar-refractivity contribution is 6.10. The fourth-order valence-electron chi connectivity index (χ4n) is 3.52. The minimum Gasteiger partial charge on any atom is -0.291 e. The summed E-state index contributed by atoms with van der Waals surface area (Å²) in [5.41, 5.74) is 2.50. The Morgan fingerprint density at radius 3 is 2.43 bits per heavy atom. The molecular formula is C20H15FN6O. The Morgan fingerprint density at radius 1 is 0.857 bits per heavy atom. The van der Waals surface area contributed by atoms with Crippen molar-refractivity contribution in [3.8, 4) is 5.69 Å². The van der Waals surface area contributed by atoms with E-state index in [0.29, 0.717) is 24.5 Å². The van der Waals surface area contributed by atoms with E-state index in [1.165, 1.54) is 12.4 Å². The summed E-state index contributed by atoms with van der Waals surface area (Å²) in [5.74, 6) is -0.356. The fourth-order valence-corrected chi connectivity index (χ4v) is 3.52. The van der Waals surface area contributed by atoms with Crippen molar-refractivity contribution in [3.63, 3.8) is 0 Å². The van der Waals surface area contributed by atoms with Crippen molar-refractivity contribution in [2.45, 2.75) is 0 Å². The van der Waals surface area contributed by atoms with E-state index >= 15 is 0 Å². The Balaban J connectivity index is 1.56. The van der Waals surface area contributed by atoms with Crippen molar-refractivity contribution in [1.82, 2.24) is 19.7 Å². The third-order valence-electron chi connectivity index (χ3n) is 4.83. The molecule has 138 valence electrons. The molecule has 0 aliphatic carbocycles. The van der Waals surface area contributed by atoms with Crippen LogP contribution in [0.15, 0.2) is 67.4 Å². The summed E-state index contributed by atoms with van der Waals surface area (Å²) in [6.45, 7) is 1.06. The lowest BCUT2D eigenvalue weighted by atomic mass is 10.2. The minimum atomic E-state index is -0.356. The maximum atomic E-state index is 14.2. The highest BCUT2D eigenvalue weighted by atomic mass is 19.1. The number of amides is 2. The first-order valence-corrected chi connectivity index (χ1v) is 8.80. The molecule has 2 aromatic heterocycles. The number of nitrogens with zero attached hydrogens (tertiary/aromatic N) is 6. The van der Waals surface area contributed by atoms with Gasteiger partial charge in [0.05, 0.1) is 35.5 Å². The van der Waals surface area contributed by atoms with Gasteiger partial charge in [-0.3, -0.25) is 9.80 Å². The number of hydrogen-bond donors (Lipinski definition) is 0. The second kappa shape index (κ2) is 6.41. The molecule has 0 unspecified atom stereocenters. The molecule has 0 saturated carbocycles. The van der Waals surface area contributed by atoms with E-state index in [0.717, 1.165) is 16.6 Å². The Morgan fingerprint density at radius 2 is 1.61 bits per heavy atom.